The summed E-state index contributed by atoms with van der Waals surface area (Å²) in [6, 6.07) is 13.2. The molecule has 6 heteroatoms. The zero-order chi connectivity index (χ0) is 17.2. The van der Waals surface area contributed by atoms with Gasteiger partial charge in [0.15, 0.2) is 0 Å². The van der Waals surface area contributed by atoms with Crippen molar-refractivity contribution in [2.45, 2.75) is 0 Å². The summed E-state index contributed by atoms with van der Waals surface area (Å²) in [7, 11) is 0. The van der Waals surface area contributed by atoms with Gasteiger partial charge in [0.25, 0.3) is 0 Å². The van der Waals surface area contributed by atoms with Crippen molar-refractivity contribution in [1.29, 1.82) is 0 Å². The van der Waals surface area contributed by atoms with Crippen molar-refractivity contribution in [3.63, 3.8) is 0 Å². The topological polar surface area (TPSA) is 78.2 Å². The number of nitrogens with two attached hydrogens (primary N) is 1. The predicted molar refractivity (Wildman–Crippen MR) is 101 cm³/mol. The molecule has 3 aromatic rings. The van der Waals surface area contributed by atoms with Gasteiger partial charge < -0.3 is 21.4 Å². The van der Waals surface area contributed by atoms with Crippen LogP contribution in [0.2, 0.25) is 0 Å². The first-order valence-corrected chi connectivity index (χ1v) is 8.41. The van der Waals surface area contributed by atoms with Crippen LogP contribution in [0.15, 0.2) is 47.5 Å². The molecule has 1 aromatic heterocycles. The molecule has 4 rings (SSSR count). The molecule has 0 aliphatic carbocycles. The van der Waals surface area contributed by atoms with E-state index in [9.17, 15) is 4.39 Å². The number of nitrogens with one attached hydrogen (secondary N) is 3. The van der Waals surface area contributed by atoms with Crippen LogP contribution in [0.1, 0.15) is 11.3 Å². The average Bonchev–Trinajstić information content (AvgIpc) is 2.87. The minimum absolute atomic E-state index is 0.299. The van der Waals surface area contributed by atoms with Gasteiger partial charge in [0.05, 0.1) is 23.6 Å². The Kier molecular flexibility index (Phi) is 4.11. The van der Waals surface area contributed by atoms with Gasteiger partial charge in [-0.05, 0) is 24.3 Å². The van der Waals surface area contributed by atoms with Gasteiger partial charge in [-0.1, -0.05) is 18.2 Å². The molecule has 1 aliphatic heterocycles. The van der Waals surface area contributed by atoms with Crippen molar-refractivity contribution in [1.82, 2.24) is 4.98 Å². The smallest absolute Gasteiger partial charge is 0.134 e. The highest BCUT2D eigenvalue weighted by molar-refractivity contribution is 6.19. The van der Waals surface area contributed by atoms with E-state index in [0.29, 0.717) is 30.9 Å². The van der Waals surface area contributed by atoms with Crippen molar-refractivity contribution in [3.8, 4) is 0 Å². The van der Waals surface area contributed by atoms with Crippen LogP contribution in [-0.2, 0) is 0 Å². The Bertz CT molecular complexity index is 944. The monoisotopic (exact) mass is 337 g/mol. The summed E-state index contributed by atoms with van der Waals surface area (Å²) in [6.45, 7) is 2.42. The summed E-state index contributed by atoms with van der Waals surface area (Å²) in [5.74, 6) is -0.299. The number of para-hydroxylation sites is 1. The predicted octanol–water partition coefficient (Wildman–Crippen LogP) is 2.94. The van der Waals surface area contributed by atoms with Gasteiger partial charge in [-0.25, -0.2) is 4.39 Å². The van der Waals surface area contributed by atoms with Crippen LogP contribution < -0.4 is 16.4 Å². The molecule has 0 atom stereocenters. The number of hydrogen-bond acceptors (Lipinski definition) is 4. The second kappa shape index (κ2) is 6.57. The van der Waals surface area contributed by atoms with Gasteiger partial charge in [-0.3, -0.25) is 4.99 Å². The number of aromatic amines is 1. The fourth-order valence-corrected chi connectivity index (χ4v) is 3.18. The number of benzene rings is 2. The maximum absolute atomic E-state index is 14.8. The molecule has 128 valence electrons. The maximum Gasteiger partial charge on any atom is 0.134 e. The van der Waals surface area contributed by atoms with Gasteiger partial charge in [0.1, 0.15) is 5.82 Å². The summed E-state index contributed by atoms with van der Waals surface area (Å²) >= 11 is 0. The van der Waals surface area contributed by atoms with Crippen LogP contribution >= 0.6 is 0 Å². The van der Waals surface area contributed by atoms with Crippen LogP contribution in [0.4, 0.5) is 15.8 Å². The van der Waals surface area contributed by atoms with E-state index in [4.69, 9.17) is 5.73 Å². The molecule has 5 N–H and O–H groups in total. The quantitative estimate of drug-likeness (QED) is 0.591. The number of fused-ring (bicyclic) bond motifs is 3. The molecule has 0 unspecified atom stereocenters. The molecule has 0 fully saturated rings. The third kappa shape index (κ3) is 2.85. The van der Waals surface area contributed by atoms with Crippen molar-refractivity contribution in [2.75, 3.05) is 36.8 Å². The lowest BCUT2D eigenvalue weighted by molar-refractivity contribution is 0.625. The number of halogens is 1. The lowest BCUT2D eigenvalue weighted by Gasteiger charge is -2.10. The Balaban J connectivity index is 1.80. The van der Waals surface area contributed by atoms with Crippen LogP contribution in [0, 0.1) is 5.82 Å². The third-order valence-corrected chi connectivity index (χ3v) is 4.32. The molecule has 25 heavy (non-hydrogen) atoms. The van der Waals surface area contributed by atoms with Crippen LogP contribution in [0.5, 0.6) is 0 Å². The van der Waals surface area contributed by atoms with Gasteiger partial charge in [-0.15, -0.1) is 0 Å². The zero-order valence-corrected chi connectivity index (χ0v) is 13.8. The summed E-state index contributed by atoms with van der Waals surface area (Å²) in [4.78, 5) is 8.01. The summed E-state index contributed by atoms with van der Waals surface area (Å²) in [5.41, 5.74) is 10.2. The van der Waals surface area contributed by atoms with E-state index < -0.39 is 0 Å². The lowest BCUT2D eigenvalue weighted by atomic mass is 10.0. The van der Waals surface area contributed by atoms with E-state index in [0.717, 1.165) is 34.5 Å². The number of hydrogen-bond donors (Lipinski definition) is 4. The normalized spacial score (nSPS) is 13.8. The highest BCUT2D eigenvalue weighted by atomic mass is 19.1. The number of aliphatic imine (C=N–C) groups is 1. The van der Waals surface area contributed by atoms with Gasteiger partial charge >= 0.3 is 0 Å². The molecule has 0 amide bonds. The average molecular weight is 337 g/mol. The minimum Gasteiger partial charge on any atom is -0.384 e. The van der Waals surface area contributed by atoms with Crippen LogP contribution in [0.25, 0.3) is 10.9 Å². The van der Waals surface area contributed by atoms with E-state index in [1.54, 1.807) is 6.07 Å². The van der Waals surface area contributed by atoms with Gasteiger partial charge in [0.2, 0.25) is 0 Å². The molecule has 0 radical (unpaired) electrons. The van der Waals surface area contributed by atoms with E-state index in [1.165, 1.54) is 6.07 Å². The Morgan fingerprint density at radius 3 is 2.92 bits per heavy atom. The molecule has 5 nitrogen and oxygen atoms in total. The first-order valence-electron chi connectivity index (χ1n) is 8.41. The highest BCUT2D eigenvalue weighted by Crippen LogP contribution is 2.31. The molecule has 0 bridgehead atoms. The highest BCUT2D eigenvalue weighted by Gasteiger charge is 2.21. The fraction of sp³-hybridized carbons (Fsp3) is 0.211. The SMILES string of the molecule is NCCNc1ccc(C2=NCCNc3c2[nH]c2ccccc32)c(F)c1. The summed E-state index contributed by atoms with van der Waals surface area (Å²) in [6.07, 6.45) is 0. The Labute approximate surface area is 145 Å². The number of aromatic nitrogens is 1. The molecular weight excluding hydrogens is 317 g/mol. The molecule has 1 aliphatic rings. The Morgan fingerprint density at radius 2 is 2.08 bits per heavy atom. The number of H-pyrrole nitrogens is 1. The van der Waals surface area contributed by atoms with Gasteiger partial charge in [-0.2, -0.15) is 0 Å². The second-order valence-electron chi connectivity index (χ2n) is 5.99. The molecule has 0 spiro atoms. The maximum atomic E-state index is 14.8. The molecular formula is C19H20FN5. The zero-order valence-electron chi connectivity index (χ0n) is 13.8. The van der Waals surface area contributed by atoms with E-state index in [2.05, 4.69) is 26.7 Å². The van der Waals surface area contributed by atoms with Crippen molar-refractivity contribution < 1.29 is 4.39 Å². The van der Waals surface area contributed by atoms with E-state index in [-0.39, 0.29) is 5.82 Å². The van der Waals surface area contributed by atoms with E-state index in [1.807, 2.05) is 24.3 Å². The van der Waals surface area contributed by atoms with Gasteiger partial charge in [0, 0.05) is 41.8 Å². The van der Waals surface area contributed by atoms with Crippen molar-refractivity contribution in [2.24, 2.45) is 10.7 Å². The summed E-state index contributed by atoms with van der Waals surface area (Å²) in [5, 5.41) is 7.60. The third-order valence-electron chi connectivity index (χ3n) is 4.32. The summed E-state index contributed by atoms with van der Waals surface area (Å²) < 4.78 is 14.8. The fourth-order valence-electron chi connectivity index (χ4n) is 3.18. The van der Waals surface area contributed by atoms with Crippen molar-refractivity contribution in [3.05, 3.63) is 59.5 Å². The first kappa shape index (κ1) is 15.7. The van der Waals surface area contributed by atoms with Crippen LogP contribution in [-0.4, -0.2) is 36.9 Å². The standard InChI is InChI=1S/C19H20FN5/c20-15-11-12(22-8-7-21)5-6-13(15)17-19-18(24-10-9-23-17)14-3-1-2-4-16(14)25-19/h1-6,11,22,24-25H,7-10,21H2. The largest absolute Gasteiger partial charge is 0.384 e. The number of nitrogens with zero attached hydrogens (tertiary/aromatic N) is 1. The molecule has 2 aromatic carbocycles. The lowest BCUT2D eigenvalue weighted by Crippen LogP contribution is -2.14. The molecule has 0 saturated heterocycles. The van der Waals surface area contributed by atoms with Crippen LogP contribution in [0.3, 0.4) is 0 Å². The number of anilines is 2. The minimum atomic E-state index is -0.299. The Morgan fingerprint density at radius 1 is 1.20 bits per heavy atom. The van der Waals surface area contributed by atoms with Crippen molar-refractivity contribution >= 4 is 28.0 Å². The second-order valence-corrected chi connectivity index (χ2v) is 5.99. The Hall–Kier alpha value is -2.86. The first-order chi connectivity index (χ1) is 12.3. The molecule has 2 heterocycles. The van der Waals surface area contributed by atoms with E-state index >= 15 is 0 Å². The molecule has 0 saturated carbocycles. The number of rotatable bonds is 4.